The average molecular weight is 493 g/mol. The van der Waals surface area contributed by atoms with Crippen molar-refractivity contribution in [2.75, 3.05) is 13.1 Å². The summed E-state index contributed by atoms with van der Waals surface area (Å²) in [5.41, 5.74) is 5.39. The third-order valence-corrected chi connectivity index (χ3v) is 7.36. The molecule has 0 spiro atoms. The van der Waals surface area contributed by atoms with Crippen molar-refractivity contribution < 1.29 is 9.59 Å². The van der Waals surface area contributed by atoms with Crippen LogP contribution in [0.1, 0.15) is 50.6 Å². The maximum absolute atomic E-state index is 13.2. The number of carbonyl (C=O) groups is 2. The number of piperidine rings is 1. The van der Waals surface area contributed by atoms with E-state index in [1.54, 1.807) is 17.1 Å². The number of imidazole rings is 1. The van der Waals surface area contributed by atoms with Crippen molar-refractivity contribution in [2.24, 2.45) is 7.05 Å². The molecule has 186 valence electrons. The SMILES string of the molecule is Cn1ncc2c(C(=O)N3CCC(c4ccc(C(=O)NCc5ccn6ccnc6c5)cc4)CC3)cccc21. The summed E-state index contributed by atoms with van der Waals surface area (Å²) in [6.45, 7) is 1.87. The summed E-state index contributed by atoms with van der Waals surface area (Å²) < 4.78 is 3.73. The summed E-state index contributed by atoms with van der Waals surface area (Å²) in [5, 5.41) is 8.19. The molecule has 1 saturated heterocycles. The van der Waals surface area contributed by atoms with Gasteiger partial charge in [-0.2, -0.15) is 5.10 Å². The lowest BCUT2D eigenvalue weighted by atomic mass is 9.88. The fourth-order valence-corrected chi connectivity index (χ4v) is 5.20. The summed E-state index contributed by atoms with van der Waals surface area (Å²) in [4.78, 5) is 32.2. The van der Waals surface area contributed by atoms with Crippen LogP contribution in [0.3, 0.4) is 0 Å². The highest BCUT2D eigenvalue weighted by Gasteiger charge is 2.26. The van der Waals surface area contributed by atoms with Crippen molar-refractivity contribution in [3.8, 4) is 0 Å². The summed E-state index contributed by atoms with van der Waals surface area (Å²) in [5.74, 6) is 0.340. The van der Waals surface area contributed by atoms with Gasteiger partial charge in [0.1, 0.15) is 5.65 Å². The van der Waals surface area contributed by atoms with Crippen molar-refractivity contribution in [1.82, 2.24) is 29.4 Å². The number of rotatable bonds is 5. The van der Waals surface area contributed by atoms with E-state index < -0.39 is 0 Å². The van der Waals surface area contributed by atoms with Crippen LogP contribution in [-0.4, -0.2) is 49.0 Å². The molecular weight excluding hydrogens is 464 g/mol. The number of hydrogen-bond acceptors (Lipinski definition) is 4. The monoisotopic (exact) mass is 492 g/mol. The van der Waals surface area contributed by atoms with E-state index >= 15 is 0 Å². The van der Waals surface area contributed by atoms with Gasteiger partial charge in [0.15, 0.2) is 0 Å². The van der Waals surface area contributed by atoms with Crippen molar-refractivity contribution in [2.45, 2.75) is 25.3 Å². The maximum Gasteiger partial charge on any atom is 0.254 e. The highest BCUT2D eigenvalue weighted by atomic mass is 16.2. The van der Waals surface area contributed by atoms with E-state index in [9.17, 15) is 9.59 Å². The van der Waals surface area contributed by atoms with E-state index in [4.69, 9.17) is 0 Å². The van der Waals surface area contributed by atoms with E-state index in [0.717, 1.165) is 35.0 Å². The minimum absolute atomic E-state index is 0.0657. The van der Waals surface area contributed by atoms with Gasteiger partial charge < -0.3 is 14.6 Å². The maximum atomic E-state index is 13.2. The normalized spacial score (nSPS) is 14.4. The molecule has 0 radical (unpaired) electrons. The third-order valence-electron chi connectivity index (χ3n) is 7.36. The Morgan fingerprint density at radius 2 is 1.84 bits per heavy atom. The molecule has 3 aromatic heterocycles. The van der Waals surface area contributed by atoms with Gasteiger partial charge in [0, 0.05) is 56.2 Å². The lowest BCUT2D eigenvalue weighted by Gasteiger charge is -2.32. The van der Waals surface area contributed by atoms with Crippen LogP contribution in [0.4, 0.5) is 0 Å². The molecule has 1 N–H and O–H groups in total. The van der Waals surface area contributed by atoms with E-state index in [1.807, 2.05) is 83.3 Å². The second-order valence-corrected chi connectivity index (χ2v) is 9.61. The topological polar surface area (TPSA) is 84.5 Å². The Balaban J connectivity index is 1.05. The Bertz CT molecular complexity index is 1590. The van der Waals surface area contributed by atoms with Crippen molar-refractivity contribution >= 4 is 28.4 Å². The van der Waals surface area contributed by atoms with Crippen LogP contribution in [0.25, 0.3) is 16.6 Å². The van der Waals surface area contributed by atoms with Crippen molar-refractivity contribution in [3.05, 3.63) is 102 Å². The van der Waals surface area contributed by atoms with Gasteiger partial charge in [-0.15, -0.1) is 0 Å². The molecule has 0 bridgehead atoms. The number of aryl methyl sites for hydroxylation is 1. The highest BCUT2D eigenvalue weighted by Crippen LogP contribution is 2.30. The number of carbonyl (C=O) groups excluding carboxylic acids is 2. The van der Waals surface area contributed by atoms with E-state index in [1.165, 1.54) is 5.56 Å². The average Bonchev–Trinajstić information content (AvgIpc) is 3.57. The van der Waals surface area contributed by atoms with Gasteiger partial charge in [-0.05, 0) is 66.3 Å². The van der Waals surface area contributed by atoms with Crippen LogP contribution in [0.15, 0.2) is 79.4 Å². The molecule has 2 amide bonds. The predicted molar refractivity (Wildman–Crippen MR) is 141 cm³/mol. The molecule has 5 aromatic rings. The van der Waals surface area contributed by atoms with Crippen LogP contribution in [0.5, 0.6) is 0 Å². The molecule has 1 aliphatic rings. The van der Waals surface area contributed by atoms with Gasteiger partial charge in [-0.3, -0.25) is 14.3 Å². The Morgan fingerprint density at radius 3 is 2.65 bits per heavy atom. The zero-order valence-electron chi connectivity index (χ0n) is 20.7. The molecule has 0 aliphatic carbocycles. The van der Waals surface area contributed by atoms with Crippen LogP contribution in [0.2, 0.25) is 0 Å². The van der Waals surface area contributed by atoms with Crippen LogP contribution in [0, 0.1) is 0 Å². The zero-order valence-corrected chi connectivity index (χ0v) is 20.7. The molecule has 6 rings (SSSR count). The third kappa shape index (κ3) is 4.46. The number of likely N-dealkylation sites (tertiary alicyclic amines) is 1. The second kappa shape index (κ2) is 9.54. The molecule has 4 heterocycles. The highest BCUT2D eigenvalue weighted by molar-refractivity contribution is 6.06. The Morgan fingerprint density at radius 1 is 1.03 bits per heavy atom. The van der Waals surface area contributed by atoms with E-state index in [0.29, 0.717) is 36.7 Å². The van der Waals surface area contributed by atoms with E-state index in [2.05, 4.69) is 15.4 Å². The van der Waals surface area contributed by atoms with Crippen LogP contribution >= 0.6 is 0 Å². The second-order valence-electron chi connectivity index (χ2n) is 9.61. The molecule has 0 unspecified atom stereocenters. The van der Waals surface area contributed by atoms with Gasteiger partial charge in [-0.1, -0.05) is 18.2 Å². The molecule has 2 aromatic carbocycles. The lowest BCUT2D eigenvalue weighted by Crippen LogP contribution is -2.38. The van der Waals surface area contributed by atoms with Crippen molar-refractivity contribution in [3.63, 3.8) is 0 Å². The first kappa shape index (κ1) is 23.0. The van der Waals surface area contributed by atoms with Crippen LogP contribution < -0.4 is 5.32 Å². The quantitative estimate of drug-likeness (QED) is 0.399. The Labute approximate surface area is 214 Å². The number of amides is 2. The first-order valence-corrected chi connectivity index (χ1v) is 12.6. The van der Waals surface area contributed by atoms with Gasteiger partial charge in [0.05, 0.1) is 17.3 Å². The molecule has 0 atom stereocenters. The number of fused-ring (bicyclic) bond motifs is 2. The number of hydrogen-bond donors (Lipinski definition) is 1. The molecule has 8 heteroatoms. The summed E-state index contributed by atoms with van der Waals surface area (Å²) in [7, 11) is 1.89. The summed E-state index contributed by atoms with van der Waals surface area (Å²) in [6.07, 6.45) is 9.16. The van der Waals surface area contributed by atoms with Gasteiger partial charge >= 0.3 is 0 Å². The summed E-state index contributed by atoms with van der Waals surface area (Å²) >= 11 is 0. The molecule has 8 nitrogen and oxygen atoms in total. The molecular formula is C29H28N6O2. The molecule has 0 saturated carbocycles. The van der Waals surface area contributed by atoms with Gasteiger partial charge in [0.25, 0.3) is 11.8 Å². The predicted octanol–water partition coefficient (Wildman–Crippen LogP) is 4.17. The lowest BCUT2D eigenvalue weighted by molar-refractivity contribution is 0.0714. The Kier molecular flexibility index (Phi) is 5.92. The molecule has 37 heavy (non-hydrogen) atoms. The van der Waals surface area contributed by atoms with Gasteiger partial charge in [-0.25, -0.2) is 4.98 Å². The zero-order chi connectivity index (χ0) is 25.4. The smallest absolute Gasteiger partial charge is 0.254 e. The van der Waals surface area contributed by atoms with Gasteiger partial charge in [0.2, 0.25) is 0 Å². The fraction of sp³-hybridized carbons (Fsp3) is 0.241. The largest absolute Gasteiger partial charge is 0.348 e. The minimum atomic E-state index is -0.0974. The number of pyridine rings is 1. The minimum Gasteiger partial charge on any atom is -0.348 e. The standard InChI is InChI=1S/C29H28N6O2/c1-33-26-4-2-3-24(25(26)19-32-33)29(37)35-14-10-22(11-15-35)21-5-7-23(8-6-21)28(36)31-18-20-9-13-34-16-12-30-27(34)17-20/h2-9,12-13,16-17,19,22H,10-11,14-15,18H2,1H3,(H,31,36). The number of aromatic nitrogens is 4. The molecule has 1 aliphatic heterocycles. The summed E-state index contributed by atoms with van der Waals surface area (Å²) in [6, 6.07) is 17.6. The number of nitrogens with one attached hydrogen (secondary N) is 1. The number of benzene rings is 2. The molecule has 1 fully saturated rings. The first-order chi connectivity index (χ1) is 18.1. The Hall–Kier alpha value is -4.46. The van der Waals surface area contributed by atoms with Crippen LogP contribution in [-0.2, 0) is 13.6 Å². The first-order valence-electron chi connectivity index (χ1n) is 12.6. The van der Waals surface area contributed by atoms with Crippen molar-refractivity contribution in [1.29, 1.82) is 0 Å². The van der Waals surface area contributed by atoms with E-state index in [-0.39, 0.29) is 11.8 Å². The number of nitrogens with zero attached hydrogens (tertiary/aromatic N) is 5. The fourth-order valence-electron chi connectivity index (χ4n) is 5.20.